The number of ether oxygens (including phenoxy) is 1. The van der Waals surface area contributed by atoms with Crippen LogP contribution in [0.2, 0.25) is 0 Å². The molecule has 0 aromatic heterocycles. The first kappa shape index (κ1) is 26.9. The van der Waals surface area contributed by atoms with Crippen LogP contribution in [0.5, 0.6) is 5.75 Å². The van der Waals surface area contributed by atoms with E-state index in [-0.39, 0.29) is 13.0 Å². The molecule has 0 aliphatic rings. The van der Waals surface area contributed by atoms with Gasteiger partial charge in [0.2, 0.25) is 11.8 Å². The fraction of sp³-hybridized carbons (Fsp3) is 0.286. The van der Waals surface area contributed by atoms with Crippen LogP contribution in [0.25, 0.3) is 0 Å². The first-order chi connectivity index (χ1) is 17.4. The van der Waals surface area contributed by atoms with Crippen LogP contribution in [0.1, 0.15) is 35.3 Å². The van der Waals surface area contributed by atoms with E-state index in [4.69, 9.17) is 16.2 Å². The minimum absolute atomic E-state index is 0.232. The SMILES string of the molecule is CCOc1ccc(CC(N)C(=O)NC(C(=O)NCc2ccc(CN)cc2)C(O)c2ccccc2)cc1. The third-order valence-electron chi connectivity index (χ3n) is 5.79. The summed E-state index contributed by atoms with van der Waals surface area (Å²) < 4.78 is 5.44. The highest BCUT2D eigenvalue weighted by Gasteiger charge is 2.31. The Bertz CT molecular complexity index is 1100. The van der Waals surface area contributed by atoms with Crippen LogP contribution >= 0.6 is 0 Å². The molecule has 0 bridgehead atoms. The normalized spacial score (nSPS) is 13.3. The Kier molecular flexibility index (Phi) is 10.00. The van der Waals surface area contributed by atoms with E-state index in [9.17, 15) is 14.7 Å². The van der Waals surface area contributed by atoms with Crippen molar-refractivity contribution in [2.45, 2.75) is 44.6 Å². The van der Waals surface area contributed by atoms with Crippen molar-refractivity contribution in [2.75, 3.05) is 6.61 Å². The van der Waals surface area contributed by atoms with Gasteiger partial charge in [-0.25, -0.2) is 0 Å². The highest BCUT2D eigenvalue weighted by Crippen LogP contribution is 2.18. The number of amides is 2. The average molecular weight is 491 g/mol. The van der Waals surface area contributed by atoms with Gasteiger partial charge in [0.25, 0.3) is 0 Å². The molecular weight excluding hydrogens is 456 g/mol. The van der Waals surface area contributed by atoms with E-state index >= 15 is 0 Å². The predicted molar refractivity (Wildman–Crippen MR) is 139 cm³/mol. The molecule has 190 valence electrons. The first-order valence-corrected chi connectivity index (χ1v) is 12.0. The van der Waals surface area contributed by atoms with Crippen molar-refractivity contribution in [1.29, 1.82) is 0 Å². The standard InChI is InChI=1S/C28H34N4O4/c1-2-36-23-14-12-19(13-15-23)16-24(30)27(34)32-25(26(33)22-6-4-3-5-7-22)28(35)31-18-21-10-8-20(17-29)9-11-21/h3-15,24-26,33H,2,16-18,29-30H2,1H3,(H,31,35)(H,32,34). The van der Waals surface area contributed by atoms with Crippen molar-refractivity contribution in [3.05, 3.63) is 101 Å². The van der Waals surface area contributed by atoms with Gasteiger partial charge in [0.05, 0.1) is 12.6 Å². The zero-order valence-corrected chi connectivity index (χ0v) is 20.4. The topological polar surface area (TPSA) is 140 Å². The minimum atomic E-state index is -1.26. The van der Waals surface area contributed by atoms with E-state index in [2.05, 4.69) is 10.6 Å². The first-order valence-electron chi connectivity index (χ1n) is 12.0. The summed E-state index contributed by atoms with van der Waals surface area (Å²) >= 11 is 0. The molecule has 0 spiro atoms. The molecule has 3 rings (SSSR count). The fourth-order valence-electron chi connectivity index (χ4n) is 3.72. The van der Waals surface area contributed by atoms with Gasteiger partial charge in [0, 0.05) is 13.1 Å². The van der Waals surface area contributed by atoms with Gasteiger partial charge >= 0.3 is 0 Å². The van der Waals surface area contributed by atoms with Crippen LogP contribution in [0.15, 0.2) is 78.9 Å². The maximum atomic E-state index is 13.1. The summed E-state index contributed by atoms with van der Waals surface area (Å²) in [5, 5.41) is 16.4. The molecule has 36 heavy (non-hydrogen) atoms. The van der Waals surface area contributed by atoms with E-state index in [1.54, 1.807) is 24.3 Å². The summed E-state index contributed by atoms with van der Waals surface area (Å²) in [5.41, 5.74) is 15.0. The number of carbonyl (C=O) groups excluding carboxylic acids is 2. The molecule has 0 fully saturated rings. The third kappa shape index (κ3) is 7.64. The highest BCUT2D eigenvalue weighted by molar-refractivity contribution is 5.90. The molecule has 3 aromatic carbocycles. The van der Waals surface area contributed by atoms with Crippen LogP contribution in [0, 0.1) is 0 Å². The van der Waals surface area contributed by atoms with E-state index in [0.29, 0.717) is 18.7 Å². The lowest BCUT2D eigenvalue weighted by Gasteiger charge is -2.25. The number of benzene rings is 3. The molecular formula is C28H34N4O4. The van der Waals surface area contributed by atoms with Crippen molar-refractivity contribution in [2.24, 2.45) is 11.5 Å². The lowest BCUT2D eigenvalue weighted by atomic mass is 10.00. The van der Waals surface area contributed by atoms with Gasteiger partial charge in [-0.15, -0.1) is 0 Å². The molecule has 0 saturated heterocycles. The molecule has 3 atom stereocenters. The number of carbonyl (C=O) groups is 2. The molecule has 0 heterocycles. The van der Waals surface area contributed by atoms with Gasteiger partial charge < -0.3 is 31.9 Å². The molecule has 3 unspecified atom stereocenters. The van der Waals surface area contributed by atoms with Crippen LogP contribution in [0.4, 0.5) is 0 Å². The van der Waals surface area contributed by atoms with Gasteiger partial charge in [-0.1, -0.05) is 66.7 Å². The summed E-state index contributed by atoms with van der Waals surface area (Å²) in [7, 11) is 0. The molecule has 0 aliphatic carbocycles. The summed E-state index contributed by atoms with van der Waals surface area (Å²) in [6.07, 6.45) is -0.992. The fourth-order valence-corrected chi connectivity index (χ4v) is 3.72. The zero-order valence-electron chi connectivity index (χ0n) is 20.4. The van der Waals surface area contributed by atoms with Gasteiger partial charge in [-0.3, -0.25) is 9.59 Å². The second-order valence-corrected chi connectivity index (χ2v) is 8.47. The van der Waals surface area contributed by atoms with Crippen molar-refractivity contribution in [3.63, 3.8) is 0 Å². The summed E-state index contributed by atoms with van der Waals surface area (Å²) in [6.45, 7) is 3.13. The van der Waals surface area contributed by atoms with Gasteiger partial charge in [-0.05, 0) is 47.7 Å². The summed E-state index contributed by atoms with van der Waals surface area (Å²) in [5.74, 6) is -0.318. The second kappa shape index (κ2) is 13.4. The quantitative estimate of drug-likeness (QED) is 0.263. The molecule has 8 heteroatoms. The molecule has 8 nitrogen and oxygen atoms in total. The summed E-state index contributed by atoms with van der Waals surface area (Å²) in [4.78, 5) is 26.1. The van der Waals surface area contributed by atoms with Gasteiger partial charge in [0.1, 0.15) is 17.9 Å². The van der Waals surface area contributed by atoms with Crippen LogP contribution in [-0.2, 0) is 29.1 Å². The number of nitrogens with one attached hydrogen (secondary N) is 2. The van der Waals surface area contributed by atoms with Crippen molar-refractivity contribution in [1.82, 2.24) is 10.6 Å². The van der Waals surface area contributed by atoms with Crippen LogP contribution in [0.3, 0.4) is 0 Å². The number of hydrogen-bond donors (Lipinski definition) is 5. The Morgan fingerprint density at radius 1 is 0.889 bits per heavy atom. The third-order valence-corrected chi connectivity index (χ3v) is 5.79. The van der Waals surface area contributed by atoms with Crippen molar-refractivity contribution < 1.29 is 19.4 Å². The molecule has 7 N–H and O–H groups in total. The smallest absolute Gasteiger partial charge is 0.245 e. The maximum Gasteiger partial charge on any atom is 0.245 e. The number of hydrogen-bond acceptors (Lipinski definition) is 6. The van der Waals surface area contributed by atoms with Gasteiger partial charge in [-0.2, -0.15) is 0 Å². The lowest BCUT2D eigenvalue weighted by Crippen LogP contribution is -2.54. The molecule has 0 aliphatic heterocycles. The predicted octanol–water partition coefficient (Wildman–Crippen LogP) is 1.95. The Hall–Kier alpha value is -3.72. The molecule has 2 amide bonds. The number of rotatable bonds is 12. The second-order valence-electron chi connectivity index (χ2n) is 8.47. The number of nitrogens with two attached hydrogens (primary N) is 2. The number of aliphatic hydroxyl groups is 1. The Morgan fingerprint density at radius 2 is 1.50 bits per heavy atom. The monoisotopic (exact) mass is 490 g/mol. The maximum absolute atomic E-state index is 13.1. The van der Waals surface area contributed by atoms with E-state index in [0.717, 1.165) is 22.4 Å². The van der Waals surface area contributed by atoms with Crippen molar-refractivity contribution in [3.8, 4) is 5.75 Å². The van der Waals surface area contributed by atoms with Crippen molar-refractivity contribution >= 4 is 11.8 Å². The Balaban J connectivity index is 1.68. The van der Waals surface area contributed by atoms with E-state index in [1.807, 2.05) is 61.5 Å². The largest absolute Gasteiger partial charge is 0.494 e. The van der Waals surface area contributed by atoms with Gasteiger partial charge in [0.15, 0.2) is 0 Å². The molecule has 3 aromatic rings. The summed E-state index contributed by atoms with van der Waals surface area (Å²) in [6, 6.07) is 21.4. The Morgan fingerprint density at radius 3 is 2.11 bits per heavy atom. The Labute approximate surface area is 211 Å². The number of aliphatic hydroxyl groups excluding tert-OH is 1. The van der Waals surface area contributed by atoms with E-state index < -0.39 is 30.0 Å². The van der Waals surface area contributed by atoms with E-state index in [1.165, 1.54) is 0 Å². The van der Waals surface area contributed by atoms with Crippen LogP contribution in [-0.4, -0.2) is 35.6 Å². The minimum Gasteiger partial charge on any atom is -0.494 e. The zero-order chi connectivity index (χ0) is 25.9. The molecule has 0 radical (unpaired) electrons. The lowest BCUT2D eigenvalue weighted by molar-refractivity contribution is -0.132. The highest BCUT2D eigenvalue weighted by atomic mass is 16.5. The average Bonchev–Trinajstić information content (AvgIpc) is 2.91. The van der Waals surface area contributed by atoms with Crippen LogP contribution < -0.4 is 26.8 Å². The molecule has 0 saturated carbocycles.